The molecule has 1 aliphatic heterocycles. The van der Waals surface area contributed by atoms with Crippen LogP contribution in [0.15, 0.2) is 28.9 Å². The number of halogens is 1. The van der Waals surface area contributed by atoms with Crippen LogP contribution in [0.3, 0.4) is 0 Å². The van der Waals surface area contributed by atoms with Crippen molar-refractivity contribution in [3.8, 4) is 17.6 Å². The van der Waals surface area contributed by atoms with Crippen molar-refractivity contribution in [1.29, 1.82) is 0 Å². The van der Waals surface area contributed by atoms with Gasteiger partial charge in [-0.05, 0) is 12.1 Å². The molecule has 0 aliphatic carbocycles. The van der Waals surface area contributed by atoms with Gasteiger partial charge in [0.2, 0.25) is 11.2 Å². The quantitative estimate of drug-likeness (QED) is 0.412. The average Bonchev–Trinajstić information content (AvgIpc) is 2.90. The van der Waals surface area contributed by atoms with Gasteiger partial charge in [0.1, 0.15) is 18.0 Å². The number of hydrogen-bond donors (Lipinski definition) is 4. The molecular weight excluding hydrogens is 349 g/mol. The van der Waals surface area contributed by atoms with Crippen molar-refractivity contribution in [3.63, 3.8) is 0 Å². The van der Waals surface area contributed by atoms with Gasteiger partial charge < -0.3 is 16.6 Å². The Kier molecular flexibility index (Phi) is 6.10. The van der Waals surface area contributed by atoms with Gasteiger partial charge >= 0.3 is 0 Å². The Hall–Kier alpha value is -2.90. The second-order valence-corrected chi connectivity index (χ2v) is 5.95. The Morgan fingerprint density at radius 3 is 2.92 bits per heavy atom. The lowest BCUT2D eigenvalue weighted by molar-refractivity contribution is -0.117. The molecule has 1 saturated heterocycles. The third-order valence-corrected chi connectivity index (χ3v) is 4.16. The van der Waals surface area contributed by atoms with Gasteiger partial charge in [0.25, 0.3) is 5.91 Å². The molecule has 1 amide bonds. The maximum absolute atomic E-state index is 14.7. The zero-order valence-corrected chi connectivity index (χ0v) is 13.8. The molecule has 8 nitrogen and oxygen atoms in total. The summed E-state index contributed by atoms with van der Waals surface area (Å²) < 4.78 is 29.5. The van der Waals surface area contributed by atoms with Crippen LogP contribution >= 0.6 is 0 Å². The highest BCUT2D eigenvalue weighted by Gasteiger charge is 2.31. The van der Waals surface area contributed by atoms with E-state index in [2.05, 4.69) is 21.6 Å². The number of anilines is 1. The zero-order valence-electron chi connectivity index (χ0n) is 13.0. The molecular formula is C15H16FN5O3S. The molecule has 0 saturated carbocycles. The summed E-state index contributed by atoms with van der Waals surface area (Å²) in [5.74, 6) is 3.32. The summed E-state index contributed by atoms with van der Waals surface area (Å²) in [6, 6.07) is 2.47. The van der Waals surface area contributed by atoms with Crippen molar-refractivity contribution in [1.82, 2.24) is 4.72 Å². The molecule has 1 aliphatic rings. The van der Waals surface area contributed by atoms with Crippen LogP contribution in [0.2, 0.25) is 0 Å². The SMILES string of the molecule is N/C=C(/C#Cc1ccc(O)c(N2CC(=O)NS2=O)c1F)C=NCCN. The fraction of sp³-hybridized carbons (Fsp3) is 0.200. The van der Waals surface area contributed by atoms with Gasteiger partial charge in [0.15, 0.2) is 5.82 Å². The minimum Gasteiger partial charge on any atom is -0.506 e. The molecule has 1 aromatic rings. The number of aliphatic imine (C=N–C) groups is 1. The largest absolute Gasteiger partial charge is 0.506 e. The number of allylic oxidation sites excluding steroid dienone is 1. The minimum absolute atomic E-state index is 0.0595. The van der Waals surface area contributed by atoms with E-state index < -0.39 is 28.6 Å². The van der Waals surface area contributed by atoms with Gasteiger partial charge in [0.05, 0.1) is 17.7 Å². The van der Waals surface area contributed by atoms with Crippen molar-refractivity contribution in [2.75, 3.05) is 23.9 Å². The van der Waals surface area contributed by atoms with Crippen LogP contribution in [0.1, 0.15) is 5.56 Å². The van der Waals surface area contributed by atoms with Crippen LogP contribution in [-0.2, 0) is 16.0 Å². The van der Waals surface area contributed by atoms with Crippen LogP contribution in [0.5, 0.6) is 5.75 Å². The molecule has 1 fully saturated rings. The first-order valence-electron chi connectivity index (χ1n) is 7.12. The molecule has 1 heterocycles. The molecule has 0 aromatic heterocycles. The monoisotopic (exact) mass is 365 g/mol. The Bertz CT molecular complexity index is 828. The summed E-state index contributed by atoms with van der Waals surface area (Å²) in [5, 5.41) is 9.88. The molecule has 1 aromatic carbocycles. The number of amides is 1. The highest BCUT2D eigenvalue weighted by molar-refractivity contribution is 7.85. The number of hydrogen-bond acceptors (Lipinski definition) is 6. The zero-order chi connectivity index (χ0) is 18.4. The maximum atomic E-state index is 14.7. The van der Waals surface area contributed by atoms with Gasteiger partial charge in [-0.25, -0.2) is 8.60 Å². The summed E-state index contributed by atoms with van der Waals surface area (Å²) in [4.78, 5) is 15.3. The van der Waals surface area contributed by atoms with Gasteiger partial charge in [-0.2, -0.15) is 0 Å². The predicted octanol–water partition coefficient (Wildman–Crippen LogP) is -0.730. The predicted molar refractivity (Wildman–Crippen MR) is 93.3 cm³/mol. The standard InChI is InChI=1S/C15H16FN5O3S/c16-14-11(2-1-10(7-18)8-19-6-5-17)3-4-12(22)15(14)21-9-13(23)20-25(21)24/h3-4,7-8,22H,5-6,9,17-18H2,(H,20,23)/b10-7-,19-8?. The van der Waals surface area contributed by atoms with Crippen LogP contribution in [0.25, 0.3) is 0 Å². The van der Waals surface area contributed by atoms with Crippen molar-refractivity contribution in [2.24, 2.45) is 16.5 Å². The van der Waals surface area contributed by atoms with Crippen LogP contribution < -0.4 is 20.5 Å². The molecule has 10 heteroatoms. The van der Waals surface area contributed by atoms with Crippen molar-refractivity contribution in [3.05, 3.63) is 35.3 Å². The second kappa shape index (κ2) is 8.27. The average molecular weight is 365 g/mol. The minimum atomic E-state index is -1.97. The number of aromatic hydroxyl groups is 1. The smallest absolute Gasteiger partial charge is 0.253 e. The van der Waals surface area contributed by atoms with Crippen molar-refractivity contribution < 1.29 is 18.5 Å². The molecule has 1 unspecified atom stereocenters. The Balaban J connectivity index is 2.36. The van der Waals surface area contributed by atoms with E-state index in [1.165, 1.54) is 24.5 Å². The summed E-state index contributed by atoms with van der Waals surface area (Å²) in [6.45, 7) is 0.434. The van der Waals surface area contributed by atoms with E-state index in [0.29, 0.717) is 18.7 Å². The summed E-state index contributed by atoms with van der Waals surface area (Å²) in [5.41, 5.74) is 10.7. The molecule has 6 N–H and O–H groups in total. The van der Waals surface area contributed by atoms with E-state index in [-0.39, 0.29) is 17.8 Å². The Morgan fingerprint density at radius 1 is 1.56 bits per heavy atom. The first-order valence-corrected chi connectivity index (χ1v) is 8.22. The fourth-order valence-electron chi connectivity index (χ4n) is 1.92. The lowest BCUT2D eigenvalue weighted by Crippen LogP contribution is -2.23. The summed E-state index contributed by atoms with van der Waals surface area (Å²) >= 11 is -1.97. The number of nitrogens with zero attached hydrogens (tertiary/aromatic N) is 2. The van der Waals surface area contributed by atoms with Gasteiger partial charge in [-0.3, -0.25) is 18.8 Å². The number of phenolic OH excluding ortho intramolecular Hbond substituents is 1. The van der Waals surface area contributed by atoms with E-state index >= 15 is 0 Å². The van der Waals surface area contributed by atoms with Crippen molar-refractivity contribution in [2.45, 2.75) is 0 Å². The second-order valence-electron chi connectivity index (χ2n) is 4.80. The topological polar surface area (TPSA) is 134 Å². The van der Waals surface area contributed by atoms with Crippen LogP contribution in [0.4, 0.5) is 10.1 Å². The van der Waals surface area contributed by atoms with E-state index in [1.807, 2.05) is 0 Å². The number of nitrogens with two attached hydrogens (primary N) is 2. The normalized spacial score (nSPS) is 17.5. The number of nitrogens with one attached hydrogen (secondary N) is 1. The number of carbonyl (C=O) groups excluding carboxylic acids is 1. The van der Waals surface area contributed by atoms with Gasteiger partial charge in [-0.15, -0.1) is 0 Å². The Morgan fingerprint density at radius 2 is 2.32 bits per heavy atom. The number of benzene rings is 1. The van der Waals surface area contributed by atoms with Crippen LogP contribution in [-0.4, -0.2) is 41.1 Å². The molecule has 2 rings (SSSR count). The fourth-order valence-corrected chi connectivity index (χ4v) is 2.86. The number of carbonyl (C=O) groups is 1. The van der Waals surface area contributed by atoms with Gasteiger partial charge in [-0.1, -0.05) is 11.8 Å². The summed E-state index contributed by atoms with van der Waals surface area (Å²) in [7, 11) is 0. The van der Waals surface area contributed by atoms with E-state index in [4.69, 9.17) is 11.5 Å². The first kappa shape index (κ1) is 18.4. The molecule has 1 atom stereocenters. The third-order valence-electron chi connectivity index (χ3n) is 3.04. The maximum Gasteiger partial charge on any atom is 0.253 e. The lowest BCUT2D eigenvalue weighted by atomic mass is 10.1. The lowest BCUT2D eigenvalue weighted by Gasteiger charge is -2.16. The third kappa shape index (κ3) is 4.34. The molecule has 0 spiro atoms. The number of phenols is 1. The van der Waals surface area contributed by atoms with E-state index in [9.17, 15) is 18.5 Å². The first-order chi connectivity index (χ1) is 12.0. The molecule has 25 heavy (non-hydrogen) atoms. The van der Waals surface area contributed by atoms with Crippen molar-refractivity contribution >= 4 is 29.0 Å². The van der Waals surface area contributed by atoms with E-state index in [0.717, 1.165) is 4.31 Å². The highest BCUT2D eigenvalue weighted by atomic mass is 32.2. The van der Waals surface area contributed by atoms with Crippen LogP contribution in [0, 0.1) is 17.7 Å². The highest BCUT2D eigenvalue weighted by Crippen LogP contribution is 2.33. The Labute approximate surface area is 146 Å². The number of rotatable bonds is 4. The molecule has 0 bridgehead atoms. The summed E-state index contributed by atoms with van der Waals surface area (Å²) in [6.07, 6.45) is 2.63. The molecule has 132 valence electrons. The van der Waals surface area contributed by atoms with E-state index in [1.54, 1.807) is 0 Å². The van der Waals surface area contributed by atoms with Gasteiger partial charge in [0, 0.05) is 19.0 Å². The molecule has 0 radical (unpaired) electrons.